The molecule has 7 heteroatoms. The number of alkyl halides is 3. The van der Waals surface area contributed by atoms with Crippen molar-refractivity contribution in [2.75, 3.05) is 0 Å². The van der Waals surface area contributed by atoms with Gasteiger partial charge in [-0.15, -0.1) is 0 Å². The number of nitrogens with one attached hydrogen (secondary N) is 1. The van der Waals surface area contributed by atoms with E-state index in [0.29, 0.717) is 0 Å². The van der Waals surface area contributed by atoms with Gasteiger partial charge < -0.3 is 10.4 Å². The highest BCUT2D eigenvalue weighted by atomic mass is 19.4. The number of aliphatic carboxylic acids is 1. The van der Waals surface area contributed by atoms with Crippen LogP contribution in [-0.2, 0) is 11.0 Å². The normalized spacial score (nSPS) is 16.3. The van der Waals surface area contributed by atoms with Gasteiger partial charge in [0.1, 0.15) is 0 Å². The Kier molecular flexibility index (Phi) is 4.20. The maximum absolute atomic E-state index is 12.6. The number of rotatable bonds is 5. The molecule has 0 spiro atoms. The number of amides is 1. The van der Waals surface area contributed by atoms with Gasteiger partial charge in [-0.3, -0.25) is 9.59 Å². The number of halogens is 3. The molecule has 0 aromatic heterocycles. The maximum atomic E-state index is 12.6. The van der Waals surface area contributed by atoms with Crippen LogP contribution in [0.4, 0.5) is 13.2 Å². The topological polar surface area (TPSA) is 66.4 Å². The Labute approximate surface area is 119 Å². The summed E-state index contributed by atoms with van der Waals surface area (Å²) in [5.41, 5.74) is -1.03. The van der Waals surface area contributed by atoms with Crippen molar-refractivity contribution in [3.63, 3.8) is 0 Å². The third-order valence-corrected chi connectivity index (χ3v) is 3.35. The van der Waals surface area contributed by atoms with Crippen LogP contribution in [0.3, 0.4) is 0 Å². The van der Waals surface area contributed by atoms with Gasteiger partial charge in [0.25, 0.3) is 5.91 Å². The highest BCUT2D eigenvalue weighted by Crippen LogP contribution is 2.34. The van der Waals surface area contributed by atoms with Crippen LogP contribution in [0.25, 0.3) is 0 Å². The fraction of sp³-hybridized carbons (Fsp3) is 0.429. The van der Waals surface area contributed by atoms with E-state index < -0.39 is 29.7 Å². The van der Waals surface area contributed by atoms with Gasteiger partial charge in [0, 0.05) is 11.6 Å². The van der Waals surface area contributed by atoms with E-state index in [1.165, 1.54) is 6.07 Å². The number of carboxylic acid groups (broad SMARTS) is 1. The van der Waals surface area contributed by atoms with E-state index in [0.717, 1.165) is 31.0 Å². The summed E-state index contributed by atoms with van der Waals surface area (Å²) in [5.74, 6) is -1.63. The Balaban J connectivity index is 2.10. The first kappa shape index (κ1) is 15.3. The van der Waals surface area contributed by atoms with E-state index in [1.54, 1.807) is 0 Å². The molecule has 1 saturated carbocycles. The summed E-state index contributed by atoms with van der Waals surface area (Å²) in [4.78, 5) is 22.7. The molecule has 1 aliphatic carbocycles. The second-order valence-corrected chi connectivity index (χ2v) is 5.09. The molecule has 0 heterocycles. The molecule has 2 rings (SSSR count). The van der Waals surface area contributed by atoms with Gasteiger partial charge in [0.15, 0.2) is 0 Å². The van der Waals surface area contributed by atoms with Crippen LogP contribution in [0.2, 0.25) is 0 Å². The summed E-state index contributed by atoms with van der Waals surface area (Å²) >= 11 is 0. The number of hydrogen-bond donors (Lipinski definition) is 2. The second kappa shape index (κ2) is 5.75. The maximum Gasteiger partial charge on any atom is 0.416 e. The SMILES string of the molecule is O=C(O)CC(NC(=O)c1cccc(C(F)(F)F)c1)C1CC1. The summed E-state index contributed by atoms with van der Waals surface area (Å²) < 4.78 is 37.8. The summed E-state index contributed by atoms with van der Waals surface area (Å²) in [7, 11) is 0. The Morgan fingerprint density at radius 2 is 2.00 bits per heavy atom. The van der Waals surface area contributed by atoms with Gasteiger partial charge in [-0.2, -0.15) is 13.2 Å². The number of carbonyl (C=O) groups is 2. The summed E-state index contributed by atoms with van der Waals surface area (Å²) in [6, 6.07) is 3.53. The zero-order valence-corrected chi connectivity index (χ0v) is 11.0. The number of carboxylic acids is 1. The molecule has 1 aromatic carbocycles. The lowest BCUT2D eigenvalue weighted by molar-refractivity contribution is -0.138. The van der Waals surface area contributed by atoms with Crippen LogP contribution in [0.15, 0.2) is 24.3 Å². The number of hydrogen-bond acceptors (Lipinski definition) is 2. The predicted molar refractivity (Wildman–Crippen MR) is 67.7 cm³/mol. The smallest absolute Gasteiger partial charge is 0.416 e. The molecule has 0 radical (unpaired) electrons. The van der Waals surface area contributed by atoms with Crippen molar-refractivity contribution in [2.45, 2.75) is 31.5 Å². The van der Waals surface area contributed by atoms with Gasteiger partial charge in [0.2, 0.25) is 0 Å². The lowest BCUT2D eigenvalue weighted by Crippen LogP contribution is -2.38. The van der Waals surface area contributed by atoms with Crippen molar-refractivity contribution in [3.05, 3.63) is 35.4 Å². The minimum absolute atomic E-state index is 0.0934. The summed E-state index contributed by atoms with van der Waals surface area (Å²) in [5, 5.41) is 11.3. The fourth-order valence-electron chi connectivity index (χ4n) is 2.11. The molecule has 114 valence electrons. The first-order valence-electron chi connectivity index (χ1n) is 6.47. The standard InChI is InChI=1S/C14H14F3NO3/c15-14(16,17)10-3-1-2-9(6-10)13(21)18-11(7-12(19)20)8-4-5-8/h1-3,6,8,11H,4-5,7H2,(H,18,21)(H,19,20). The van der Waals surface area contributed by atoms with Crippen LogP contribution in [0.1, 0.15) is 35.2 Å². The largest absolute Gasteiger partial charge is 0.481 e. The molecule has 1 atom stereocenters. The van der Waals surface area contributed by atoms with Gasteiger partial charge in [0.05, 0.1) is 12.0 Å². The van der Waals surface area contributed by atoms with Crippen LogP contribution in [-0.4, -0.2) is 23.0 Å². The van der Waals surface area contributed by atoms with Crippen LogP contribution in [0, 0.1) is 5.92 Å². The lowest BCUT2D eigenvalue weighted by Gasteiger charge is -2.16. The van der Waals surface area contributed by atoms with E-state index >= 15 is 0 Å². The molecule has 0 aliphatic heterocycles. The van der Waals surface area contributed by atoms with E-state index in [1.807, 2.05) is 0 Å². The Hall–Kier alpha value is -2.05. The van der Waals surface area contributed by atoms with Crippen molar-refractivity contribution in [1.82, 2.24) is 5.32 Å². The van der Waals surface area contributed by atoms with Crippen LogP contribution in [0.5, 0.6) is 0 Å². The van der Waals surface area contributed by atoms with Gasteiger partial charge >= 0.3 is 12.1 Å². The van der Waals surface area contributed by atoms with Gasteiger partial charge in [-0.1, -0.05) is 6.07 Å². The first-order chi connectivity index (χ1) is 9.77. The summed E-state index contributed by atoms with van der Waals surface area (Å²) in [6.07, 6.45) is -3.11. The molecule has 1 unspecified atom stereocenters. The van der Waals surface area contributed by atoms with Crippen LogP contribution >= 0.6 is 0 Å². The van der Waals surface area contributed by atoms with E-state index in [2.05, 4.69) is 5.32 Å². The van der Waals surface area contributed by atoms with Crippen molar-refractivity contribution in [1.29, 1.82) is 0 Å². The molecule has 1 aromatic rings. The number of benzene rings is 1. The van der Waals surface area contributed by atoms with Crippen LogP contribution < -0.4 is 5.32 Å². The summed E-state index contributed by atoms with van der Waals surface area (Å²) in [6.45, 7) is 0. The molecule has 21 heavy (non-hydrogen) atoms. The van der Waals surface area contributed by atoms with Crippen molar-refractivity contribution in [2.24, 2.45) is 5.92 Å². The lowest BCUT2D eigenvalue weighted by atomic mass is 10.1. The van der Waals surface area contributed by atoms with E-state index in [9.17, 15) is 22.8 Å². The van der Waals surface area contributed by atoms with E-state index in [-0.39, 0.29) is 17.9 Å². The molecule has 2 N–H and O–H groups in total. The average molecular weight is 301 g/mol. The minimum Gasteiger partial charge on any atom is -0.481 e. The molecule has 0 bridgehead atoms. The Bertz CT molecular complexity index is 553. The molecular formula is C14H14F3NO3. The second-order valence-electron chi connectivity index (χ2n) is 5.09. The molecule has 1 aliphatic rings. The highest BCUT2D eigenvalue weighted by molar-refractivity contribution is 5.94. The molecular weight excluding hydrogens is 287 g/mol. The quantitative estimate of drug-likeness (QED) is 0.878. The Morgan fingerprint density at radius 3 is 2.52 bits per heavy atom. The highest BCUT2D eigenvalue weighted by Gasteiger charge is 2.34. The molecule has 4 nitrogen and oxygen atoms in total. The van der Waals surface area contributed by atoms with Gasteiger partial charge in [-0.05, 0) is 37.0 Å². The molecule has 1 fully saturated rings. The average Bonchev–Trinajstić information content (AvgIpc) is 3.20. The third-order valence-electron chi connectivity index (χ3n) is 3.35. The number of carbonyl (C=O) groups excluding carboxylic acids is 1. The minimum atomic E-state index is -4.52. The predicted octanol–water partition coefficient (Wildman–Crippen LogP) is 2.69. The fourth-order valence-corrected chi connectivity index (χ4v) is 2.11. The van der Waals surface area contributed by atoms with E-state index in [4.69, 9.17) is 5.11 Å². The molecule has 0 saturated heterocycles. The zero-order valence-electron chi connectivity index (χ0n) is 11.0. The van der Waals surface area contributed by atoms with Crippen molar-refractivity contribution < 1.29 is 27.9 Å². The van der Waals surface area contributed by atoms with Gasteiger partial charge in [-0.25, -0.2) is 0 Å². The van der Waals surface area contributed by atoms with Crippen molar-refractivity contribution in [3.8, 4) is 0 Å². The Morgan fingerprint density at radius 1 is 1.33 bits per heavy atom. The third kappa shape index (κ3) is 4.21. The zero-order chi connectivity index (χ0) is 15.6. The monoisotopic (exact) mass is 301 g/mol. The van der Waals surface area contributed by atoms with Crippen molar-refractivity contribution >= 4 is 11.9 Å². The molecule has 1 amide bonds. The first-order valence-corrected chi connectivity index (χ1v) is 6.47.